The van der Waals surface area contributed by atoms with Gasteiger partial charge in [0.2, 0.25) is 5.91 Å². The summed E-state index contributed by atoms with van der Waals surface area (Å²) >= 11 is 0. The highest BCUT2D eigenvalue weighted by molar-refractivity contribution is 7.47. The number of nitrogens with one attached hydrogen (secondary N) is 1. The summed E-state index contributed by atoms with van der Waals surface area (Å²) < 4.78 is 26.8. The van der Waals surface area contributed by atoms with Gasteiger partial charge in [-0.2, -0.15) is 0 Å². The molecule has 318 valence electrons. The van der Waals surface area contributed by atoms with E-state index >= 15 is 0 Å². The lowest BCUT2D eigenvalue weighted by Gasteiger charge is -2.18. The number of rotatable bonds is 39. The Morgan fingerprint density at radius 1 is 0.582 bits per heavy atom. The second-order valence-electron chi connectivity index (χ2n) is 14.2. The van der Waals surface area contributed by atoms with Gasteiger partial charge in [0.1, 0.15) is 12.7 Å². The lowest BCUT2D eigenvalue weighted by molar-refractivity contribution is -0.147. The normalized spacial score (nSPS) is 14.3. The Labute approximate surface area is 333 Å². The quantitative estimate of drug-likeness (QED) is 0.0203. The molecule has 4 N–H and O–H groups in total. The number of esters is 1. The molecular formula is C43H76NO10P. The number of ether oxygens (including phenoxy) is 1. The van der Waals surface area contributed by atoms with E-state index in [9.17, 15) is 34.1 Å². The van der Waals surface area contributed by atoms with Gasteiger partial charge in [-0.1, -0.05) is 133 Å². The number of amides is 1. The number of hydrogen-bond donors (Lipinski definition) is 4. The van der Waals surface area contributed by atoms with Crippen LogP contribution in [-0.2, 0) is 32.7 Å². The lowest BCUT2D eigenvalue weighted by atomic mass is 10.1. The minimum absolute atomic E-state index is 0.133. The minimum Gasteiger partial charge on any atom is -0.480 e. The molecule has 0 aromatic rings. The third-order valence-electron chi connectivity index (χ3n) is 8.84. The van der Waals surface area contributed by atoms with Crippen molar-refractivity contribution in [3.63, 3.8) is 0 Å². The maximum absolute atomic E-state index is 12.2. The molecule has 3 atom stereocenters. The van der Waals surface area contributed by atoms with E-state index in [-0.39, 0.29) is 12.8 Å². The molecule has 0 saturated carbocycles. The zero-order valence-electron chi connectivity index (χ0n) is 34.2. The van der Waals surface area contributed by atoms with Crippen molar-refractivity contribution in [3.8, 4) is 0 Å². The summed E-state index contributed by atoms with van der Waals surface area (Å²) in [6, 6.07) is -1.55. The van der Waals surface area contributed by atoms with Crippen LogP contribution >= 0.6 is 7.82 Å². The van der Waals surface area contributed by atoms with Gasteiger partial charge in [-0.05, 0) is 77.0 Å². The summed E-state index contributed by atoms with van der Waals surface area (Å²) in [5.41, 5.74) is 0. The second kappa shape index (κ2) is 38.3. The molecule has 0 saturated heterocycles. The number of carboxylic acid groups (broad SMARTS) is 1. The van der Waals surface area contributed by atoms with E-state index in [4.69, 9.17) is 13.8 Å². The molecule has 0 aromatic heterocycles. The van der Waals surface area contributed by atoms with E-state index in [2.05, 4.69) is 67.8 Å². The van der Waals surface area contributed by atoms with E-state index in [1.165, 1.54) is 44.9 Å². The van der Waals surface area contributed by atoms with Crippen molar-refractivity contribution >= 4 is 25.7 Å². The Hall–Kier alpha value is -2.56. The largest absolute Gasteiger partial charge is 0.480 e. The van der Waals surface area contributed by atoms with E-state index in [1.54, 1.807) is 0 Å². The van der Waals surface area contributed by atoms with Crippen molar-refractivity contribution in [2.75, 3.05) is 19.8 Å². The van der Waals surface area contributed by atoms with Crippen LogP contribution in [0, 0.1) is 0 Å². The molecule has 0 aromatic carbocycles. The Morgan fingerprint density at radius 3 is 1.51 bits per heavy atom. The fourth-order valence-corrected chi connectivity index (χ4v) is 6.26. The molecule has 0 bridgehead atoms. The smallest absolute Gasteiger partial charge is 0.472 e. The highest BCUT2D eigenvalue weighted by atomic mass is 31.2. The average Bonchev–Trinajstić information content (AvgIpc) is 3.16. The Bertz CT molecular complexity index is 1120. The van der Waals surface area contributed by atoms with Gasteiger partial charge in [-0.25, -0.2) is 9.36 Å². The van der Waals surface area contributed by atoms with Gasteiger partial charge in [0.15, 0.2) is 6.04 Å². The van der Waals surface area contributed by atoms with Gasteiger partial charge in [0.05, 0.1) is 13.2 Å². The minimum atomic E-state index is -4.76. The van der Waals surface area contributed by atoms with E-state index in [0.29, 0.717) is 12.8 Å². The van der Waals surface area contributed by atoms with Crippen LogP contribution in [0.25, 0.3) is 0 Å². The summed E-state index contributed by atoms with van der Waals surface area (Å²) in [7, 11) is -4.76. The number of phosphoric acid groups is 1. The summed E-state index contributed by atoms with van der Waals surface area (Å²) in [6.07, 6.45) is 41.3. The van der Waals surface area contributed by atoms with E-state index in [0.717, 1.165) is 89.9 Å². The van der Waals surface area contributed by atoms with Crippen LogP contribution in [0.1, 0.15) is 174 Å². The zero-order valence-corrected chi connectivity index (χ0v) is 35.1. The van der Waals surface area contributed by atoms with Crippen LogP contribution in [0.4, 0.5) is 0 Å². The number of carbonyl (C=O) groups is 3. The zero-order chi connectivity index (χ0) is 40.7. The first-order chi connectivity index (χ1) is 26.6. The third-order valence-corrected chi connectivity index (χ3v) is 9.79. The molecule has 0 fully saturated rings. The van der Waals surface area contributed by atoms with Crippen molar-refractivity contribution in [1.82, 2.24) is 5.32 Å². The molecule has 0 aliphatic rings. The number of aliphatic hydroxyl groups excluding tert-OH is 1. The highest BCUT2D eigenvalue weighted by Crippen LogP contribution is 2.43. The summed E-state index contributed by atoms with van der Waals surface area (Å²) in [5.74, 6) is -2.40. The number of aliphatic hydroxyl groups is 1. The van der Waals surface area contributed by atoms with E-state index < -0.39 is 57.6 Å². The number of aliphatic carboxylic acids is 1. The topological polar surface area (TPSA) is 169 Å². The maximum Gasteiger partial charge on any atom is 0.472 e. The van der Waals surface area contributed by atoms with Crippen molar-refractivity contribution in [2.24, 2.45) is 0 Å². The standard InChI is InChI=1S/C43H76NO10P/c1-3-5-7-9-11-13-15-17-18-19-20-21-22-23-25-27-29-31-33-35-42(47)52-36-39(45)37-53-55(50,51)54-38-40(43(48)49)44-41(46)34-32-30-28-26-24-16-14-12-10-8-6-4-2/h11-14,17-18,20-21,39-40,45H,3-10,15-16,19,22-38H2,1-2H3,(H,44,46)(H,48,49)(H,50,51)/b13-11-,14-12-,18-17-,21-20-. The summed E-state index contributed by atoms with van der Waals surface area (Å²) in [6.45, 7) is 2.50. The van der Waals surface area contributed by atoms with Crippen molar-refractivity contribution in [2.45, 2.75) is 187 Å². The van der Waals surface area contributed by atoms with Gasteiger partial charge in [0, 0.05) is 12.8 Å². The van der Waals surface area contributed by atoms with Crippen LogP contribution < -0.4 is 5.32 Å². The van der Waals surface area contributed by atoms with Crippen molar-refractivity contribution in [3.05, 3.63) is 48.6 Å². The number of phosphoric ester groups is 1. The molecule has 0 aliphatic carbocycles. The van der Waals surface area contributed by atoms with Gasteiger partial charge < -0.3 is 25.2 Å². The van der Waals surface area contributed by atoms with Gasteiger partial charge >= 0.3 is 19.8 Å². The molecule has 55 heavy (non-hydrogen) atoms. The predicted octanol–water partition coefficient (Wildman–Crippen LogP) is 10.6. The number of carboxylic acids is 1. The highest BCUT2D eigenvalue weighted by Gasteiger charge is 2.28. The van der Waals surface area contributed by atoms with Gasteiger partial charge in [0.25, 0.3) is 0 Å². The molecule has 0 radical (unpaired) electrons. The second-order valence-corrected chi connectivity index (χ2v) is 15.6. The SMILES string of the molecule is CCCCC/C=C\C/C=C\C/C=C\CCCCCCCCC(=O)OCC(O)COP(=O)(O)OCC(NC(=O)CCCCCCC/C=C\CCCCC)C(=O)O. The molecule has 0 spiro atoms. The van der Waals surface area contributed by atoms with Gasteiger partial charge in [-0.15, -0.1) is 0 Å². The van der Waals surface area contributed by atoms with Crippen LogP contribution in [-0.4, -0.2) is 64.9 Å². The predicted molar refractivity (Wildman–Crippen MR) is 222 cm³/mol. The summed E-state index contributed by atoms with van der Waals surface area (Å²) in [5, 5.41) is 21.8. The lowest BCUT2D eigenvalue weighted by Crippen LogP contribution is -2.43. The molecule has 0 aliphatic heterocycles. The number of allylic oxidation sites excluding steroid dienone is 8. The third kappa shape index (κ3) is 38.1. The van der Waals surface area contributed by atoms with Crippen molar-refractivity contribution < 1.29 is 47.8 Å². The molecule has 3 unspecified atom stereocenters. The van der Waals surface area contributed by atoms with E-state index in [1.807, 2.05) is 0 Å². The van der Waals surface area contributed by atoms with Crippen molar-refractivity contribution in [1.29, 1.82) is 0 Å². The molecule has 0 heterocycles. The molecule has 0 rings (SSSR count). The molecular weight excluding hydrogens is 721 g/mol. The summed E-state index contributed by atoms with van der Waals surface area (Å²) in [4.78, 5) is 45.8. The number of hydrogen-bond acceptors (Lipinski definition) is 8. The van der Waals surface area contributed by atoms with Crippen LogP contribution in [0.15, 0.2) is 48.6 Å². The number of unbranched alkanes of at least 4 members (excludes halogenated alkanes) is 17. The first kappa shape index (κ1) is 52.4. The maximum atomic E-state index is 12.2. The van der Waals surface area contributed by atoms with Crippen LogP contribution in [0.2, 0.25) is 0 Å². The molecule has 12 heteroatoms. The van der Waals surface area contributed by atoms with Gasteiger partial charge in [-0.3, -0.25) is 18.6 Å². The first-order valence-corrected chi connectivity index (χ1v) is 22.7. The van der Waals surface area contributed by atoms with Crippen LogP contribution in [0.3, 0.4) is 0 Å². The monoisotopic (exact) mass is 798 g/mol. The Kier molecular flexibility index (Phi) is 36.5. The Morgan fingerprint density at radius 2 is 1.00 bits per heavy atom. The number of carbonyl (C=O) groups excluding carboxylic acids is 2. The average molecular weight is 798 g/mol. The first-order valence-electron chi connectivity index (χ1n) is 21.2. The fourth-order valence-electron chi connectivity index (χ4n) is 5.49. The Balaban J connectivity index is 3.93. The molecule has 11 nitrogen and oxygen atoms in total. The fraction of sp³-hybridized carbons (Fsp3) is 0.744. The molecule has 1 amide bonds. The van der Waals surface area contributed by atoms with Crippen LogP contribution in [0.5, 0.6) is 0 Å².